The van der Waals surface area contributed by atoms with Gasteiger partial charge in [0.25, 0.3) is 4.92 Å². The topological polar surface area (TPSA) is 40.3 Å². The Morgan fingerprint density at radius 3 is 2.40 bits per heavy atom. The quantitative estimate of drug-likeness (QED) is 0.752. The van der Waals surface area contributed by atoms with Crippen LogP contribution in [-0.4, -0.2) is 10.1 Å². The van der Waals surface area contributed by atoms with Gasteiger partial charge in [-0.05, 0) is 11.5 Å². The van der Waals surface area contributed by atoms with Crippen LogP contribution in [0.25, 0.3) is 6.08 Å². The summed E-state index contributed by atoms with van der Waals surface area (Å²) in [6.07, 6.45) is 3.84. The van der Waals surface area contributed by atoms with Crippen molar-refractivity contribution in [2.45, 2.75) is 20.8 Å². The van der Waals surface area contributed by atoms with E-state index >= 15 is 0 Å². The zero-order valence-electron chi connectivity index (χ0n) is 9.27. The van der Waals surface area contributed by atoms with E-state index in [-0.39, 0.29) is 16.0 Å². The molecular weight excluding hydrogens is 190 g/mol. The molecule has 15 heavy (non-hydrogen) atoms. The largest absolute Gasteiger partial charge is 0.323 e. The fourth-order valence-electron chi connectivity index (χ4n) is 1.14. The molecule has 1 aromatic rings. The van der Waals surface area contributed by atoms with Gasteiger partial charge in [-0.15, -0.1) is 0 Å². The smallest absolute Gasteiger partial charge is 0.241 e. The lowest BCUT2D eigenvalue weighted by atomic mass is 9.95. The van der Waals surface area contributed by atoms with Crippen LogP contribution < -0.4 is 0 Å². The fourth-order valence-corrected chi connectivity index (χ4v) is 1.14. The number of nitrogens with zero attached hydrogens (tertiary/aromatic N) is 1. The lowest BCUT2D eigenvalue weighted by molar-refractivity contribution is -0.729. The molecule has 80 valence electrons. The summed E-state index contributed by atoms with van der Waals surface area (Å²) >= 11 is 0. The van der Waals surface area contributed by atoms with Crippen LogP contribution in [0.2, 0.25) is 0 Å². The Hall–Kier alpha value is -1.64. The van der Waals surface area contributed by atoms with Gasteiger partial charge in [-0.25, -0.2) is 5.21 Å². The number of hydrogen-bond donors (Lipinski definition) is 1. The third-order valence-corrected chi connectivity index (χ3v) is 1.91. The minimum Gasteiger partial charge on any atom is -0.241 e. The summed E-state index contributed by atoms with van der Waals surface area (Å²) in [4.78, 5) is 10.7. The number of allylic oxidation sites excluding steroid dienone is 1. The lowest BCUT2D eigenvalue weighted by Crippen LogP contribution is -1.99. The highest BCUT2D eigenvalue weighted by molar-refractivity contribution is 5.60. The summed E-state index contributed by atoms with van der Waals surface area (Å²) in [6.45, 7) is 6.21. The third-order valence-electron chi connectivity index (χ3n) is 1.91. The van der Waals surface area contributed by atoms with Gasteiger partial charge in [-0.2, -0.15) is 0 Å². The molecule has 0 aliphatic rings. The molecule has 0 saturated heterocycles. The van der Waals surface area contributed by atoms with Gasteiger partial charge in [0.2, 0.25) is 0 Å². The van der Waals surface area contributed by atoms with E-state index in [1.165, 1.54) is 0 Å². The van der Waals surface area contributed by atoms with Crippen molar-refractivity contribution in [2.24, 2.45) is 5.41 Å². The van der Waals surface area contributed by atoms with Crippen molar-refractivity contribution < 1.29 is 10.1 Å². The molecule has 1 N–H and O–H groups in total. The summed E-state index contributed by atoms with van der Waals surface area (Å²) in [5.41, 5.74) is 1.03. The maximum Gasteiger partial charge on any atom is 0.323 e. The second kappa shape index (κ2) is 4.26. The van der Waals surface area contributed by atoms with Crippen LogP contribution in [0, 0.1) is 10.3 Å². The van der Waals surface area contributed by atoms with E-state index in [0.29, 0.717) is 5.56 Å². The Balaban J connectivity index is 3.05. The molecule has 0 spiro atoms. The molecule has 0 aliphatic carbocycles. The average Bonchev–Trinajstić information content (AvgIpc) is 2.14. The molecule has 0 aromatic heterocycles. The van der Waals surface area contributed by atoms with Crippen molar-refractivity contribution in [3.8, 4) is 0 Å². The second-order valence-corrected chi connectivity index (χ2v) is 4.53. The van der Waals surface area contributed by atoms with Crippen molar-refractivity contribution in [2.75, 3.05) is 0 Å². The molecule has 0 fully saturated rings. The normalized spacial score (nSPS) is 11.9. The summed E-state index contributed by atoms with van der Waals surface area (Å²) in [5, 5.41) is 8.88. The first-order chi connectivity index (χ1) is 6.90. The zero-order valence-corrected chi connectivity index (χ0v) is 9.27. The van der Waals surface area contributed by atoms with Crippen LogP contribution >= 0.6 is 0 Å². The summed E-state index contributed by atoms with van der Waals surface area (Å²) < 4.78 is 0. The van der Waals surface area contributed by atoms with E-state index in [1.54, 1.807) is 18.2 Å². The first-order valence-electron chi connectivity index (χ1n) is 4.84. The third kappa shape index (κ3) is 3.54. The molecule has 0 saturated carbocycles. The molecule has 0 unspecified atom stereocenters. The molecule has 0 atom stereocenters. The molecule has 3 nitrogen and oxygen atoms in total. The molecule has 3 heteroatoms. The minimum absolute atomic E-state index is 0.0519. The van der Waals surface area contributed by atoms with Crippen LogP contribution in [0.4, 0.5) is 5.69 Å². The van der Waals surface area contributed by atoms with Gasteiger partial charge in [-0.1, -0.05) is 45.1 Å². The monoisotopic (exact) mass is 206 g/mol. The predicted octanol–water partition coefficient (Wildman–Crippen LogP) is 3.55. The minimum atomic E-state index is -0.109. The molecule has 1 rings (SSSR count). The van der Waals surface area contributed by atoms with E-state index in [0.717, 1.165) is 0 Å². The highest BCUT2D eigenvalue weighted by Crippen LogP contribution is 2.22. The lowest BCUT2D eigenvalue weighted by Gasteiger charge is -2.10. The fraction of sp³-hybridized carbons (Fsp3) is 0.333. The van der Waals surface area contributed by atoms with Gasteiger partial charge in [0.05, 0.1) is 10.5 Å². The van der Waals surface area contributed by atoms with Crippen molar-refractivity contribution in [3.05, 3.63) is 40.8 Å². The Labute approximate surface area is 89.6 Å². The van der Waals surface area contributed by atoms with E-state index in [9.17, 15) is 4.91 Å². The first-order valence-corrected chi connectivity index (χ1v) is 4.84. The Morgan fingerprint density at radius 2 is 1.87 bits per heavy atom. The summed E-state index contributed by atoms with van der Waals surface area (Å²) in [7, 11) is 0. The Kier molecular flexibility index (Phi) is 3.24. The highest BCUT2D eigenvalue weighted by atomic mass is 16.6. The number of para-hydroxylation sites is 1. The SMILES string of the molecule is CC(C)(C)/C=C/c1ccccc1[N+](=O)O. The second-order valence-electron chi connectivity index (χ2n) is 4.53. The van der Waals surface area contributed by atoms with E-state index in [4.69, 9.17) is 5.21 Å². The Morgan fingerprint density at radius 1 is 1.27 bits per heavy atom. The van der Waals surface area contributed by atoms with Crippen LogP contribution in [0.15, 0.2) is 30.3 Å². The van der Waals surface area contributed by atoms with Gasteiger partial charge in [0.1, 0.15) is 0 Å². The maximum absolute atomic E-state index is 10.8. The maximum atomic E-state index is 10.8. The molecule has 0 radical (unpaired) electrons. The van der Waals surface area contributed by atoms with E-state index in [2.05, 4.69) is 20.8 Å². The van der Waals surface area contributed by atoms with Crippen LogP contribution in [-0.2, 0) is 0 Å². The van der Waals surface area contributed by atoms with Crippen molar-refractivity contribution in [1.29, 1.82) is 0 Å². The van der Waals surface area contributed by atoms with Gasteiger partial charge < -0.3 is 0 Å². The van der Waals surface area contributed by atoms with Crippen LogP contribution in [0.5, 0.6) is 0 Å². The highest BCUT2D eigenvalue weighted by Gasteiger charge is 2.15. The van der Waals surface area contributed by atoms with Gasteiger partial charge in [0, 0.05) is 6.07 Å². The molecular formula is C12H16NO2+. The van der Waals surface area contributed by atoms with E-state index in [1.807, 2.05) is 18.2 Å². The van der Waals surface area contributed by atoms with Gasteiger partial charge >= 0.3 is 5.69 Å². The number of hydrogen-bond acceptors (Lipinski definition) is 1. The van der Waals surface area contributed by atoms with E-state index < -0.39 is 0 Å². The average molecular weight is 206 g/mol. The van der Waals surface area contributed by atoms with Gasteiger partial charge in [-0.3, -0.25) is 0 Å². The molecule has 0 bridgehead atoms. The molecule has 1 aromatic carbocycles. The van der Waals surface area contributed by atoms with Crippen LogP contribution in [0.1, 0.15) is 26.3 Å². The predicted molar refractivity (Wildman–Crippen MR) is 60.0 cm³/mol. The van der Waals surface area contributed by atoms with Crippen LogP contribution in [0.3, 0.4) is 0 Å². The molecule has 0 amide bonds. The molecule has 0 heterocycles. The Bertz CT molecular complexity index is 389. The van der Waals surface area contributed by atoms with Crippen molar-refractivity contribution >= 4 is 11.8 Å². The standard InChI is InChI=1S/C12H16NO2/c1-12(2,3)9-8-10-6-4-5-7-11(10)13(14)15/h4-9H,1-3H3,(H,14,15)/q+1/b9-8+. The van der Waals surface area contributed by atoms with Crippen molar-refractivity contribution in [3.63, 3.8) is 0 Å². The van der Waals surface area contributed by atoms with Crippen molar-refractivity contribution in [1.82, 2.24) is 0 Å². The number of rotatable bonds is 2. The summed E-state index contributed by atoms with van der Waals surface area (Å²) in [5.74, 6) is 0. The number of benzene rings is 1. The summed E-state index contributed by atoms with van der Waals surface area (Å²) in [6, 6.07) is 6.91. The first kappa shape index (κ1) is 11.4. The molecule has 0 aliphatic heterocycles. The zero-order chi connectivity index (χ0) is 11.5. The van der Waals surface area contributed by atoms with Gasteiger partial charge in [0.15, 0.2) is 0 Å².